The summed E-state index contributed by atoms with van der Waals surface area (Å²) in [6.45, 7) is 4.71. The second kappa shape index (κ2) is 8.51. The molecule has 0 aliphatic heterocycles. The number of halogens is 2. The van der Waals surface area contributed by atoms with Crippen molar-refractivity contribution in [3.8, 4) is 0 Å². The van der Waals surface area contributed by atoms with Gasteiger partial charge in [-0.2, -0.15) is 0 Å². The molecule has 1 atom stereocenters. The van der Waals surface area contributed by atoms with Crippen molar-refractivity contribution >= 4 is 49.4 Å². The molecule has 7 heteroatoms. The molecule has 0 saturated heterocycles. The Morgan fingerprint density at radius 1 is 1.33 bits per heavy atom. The Labute approximate surface area is 141 Å². The summed E-state index contributed by atoms with van der Waals surface area (Å²) >= 11 is 6.66. The fraction of sp³-hybridized carbons (Fsp3) is 0.429. The number of carbonyl (C=O) groups is 2. The maximum atomic E-state index is 12.1. The zero-order valence-corrected chi connectivity index (χ0v) is 15.3. The van der Waals surface area contributed by atoms with Crippen LogP contribution in [0.25, 0.3) is 0 Å². The Morgan fingerprint density at radius 2 is 2.00 bits per heavy atom. The molecule has 0 saturated carbocycles. The van der Waals surface area contributed by atoms with Crippen LogP contribution in [0.15, 0.2) is 21.1 Å². The van der Waals surface area contributed by atoms with E-state index in [1.807, 2.05) is 13.8 Å². The van der Waals surface area contributed by atoms with Crippen molar-refractivity contribution < 1.29 is 14.3 Å². The molecule has 1 aromatic carbocycles. The van der Waals surface area contributed by atoms with Crippen molar-refractivity contribution in [2.45, 2.75) is 26.3 Å². The summed E-state index contributed by atoms with van der Waals surface area (Å²) in [5, 5.41) is 5.93. The number of anilines is 1. The van der Waals surface area contributed by atoms with Crippen LogP contribution in [-0.4, -0.2) is 31.6 Å². The van der Waals surface area contributed by atoms with E-state index in [-0.39, 0.29) is 11.9 Å². The fourth-order valence-corrected chi connectivity index (χ4v) is 3.19. The third kappa shape index (κ3) is 5.41. The number of benzene rings is 1. The molecule has 0 spiro atoms. The van der Waals surface area contributed by atoms with Gasteiger partial charge in [0.15, 0.2) is 0 Å². The first-order valence-electron chi connectivity index (χ1n) is 6.49. The number of methoxy groups -OCH3 is 1. The molecule has 5 nitrogen and oxygen atoms in total. The van der Waals surface area contributed by atoms with Gasteiger partial charge in [-0.3, -0.25) is 4.79 Å². The minimum atomic E-state index is -0.507. The van der Waals surface area contributed by atoms with E-state index in [2.05, 4.69) is 42.5 Å². The smallest absolute Gasteiger partial charge is 0.340 e. The van der Waals surface area contributed by atoms with Gasteiger partial charge in [0.1, 0.15) is 0 Å². The van der Waals surface area contributed by atoms with Crippen LogP contribution in [-0.2, 0) is 9.53 Å². The van der Waals surface area contributed by atoms with Crippen LogP contribution in [0, 0.1) is 0 Å². The molecule has 1 amide bonds. The van der Waals surface area contributed by atoms with Gasteiger partial charge >= 0.3 is 5.97 Å². The van der Waals surface area contributed by atoms with Crippen molar-refractivity contribution in [2.75, 3.05) is 19.0 Å². The van der Waals surface area contributed by atoms with Crippen molar-refractivity contribution in [3.05, 3.63) is 26.6 Å². The molecule has 0 fully saturated rings. The predicted molar refractivity (Wildman–Crippen MR) is 89.6 cm³/mol. The van der Waals surface area contributed by atoms with E-state index in [1.165, 1.54) is 7.11 Å². The van der Waals surface area contributed by atoms with Gasteiger partial charge in [0, 0.05) is 21.4 Å². The fourth-order valence-electron chi connectivity index (χ4n) is 1.86. The average molecular weight is 422 g/mol. The Balaban J connectivity index is 2.96. The van der Waals surface area contributed by atoms with Crippen LogP contribution in [0.5, 0.6) is 0 Å². The molecular weight excluding hydrogens is 404 g/mol. The van der Waals surface area contributed by atoms with E-state index in [1.54, 1.807) is 12.1 Å². The summed E-state index contributed by atoms with van der Waals surface area (Å²) in [6.07, 6.45) is 0.316. The van der Waals surface area contributed by atoms with Crippen LogP contribution in [0.4, 0.5) is 5.69 Å². The molecule has 116 valence electrons. The Morgan fingerprint density at radius 3 is 2.57 bits per heavy atom. The van der Waals surface area contributed by atoms with Crippen molar-refractivity contribution in [1.29, 1.82) is 0 Å². The third-order valence-electron chi connectivity index (χ3n) is 2.77. The quantitative estimate of drug-likeness (QED) is 0.691. The molecule has 0 bridgehead atoms. The van der Waals surface area contributed by atoms with Crippen LogP contribution in [0.2, 0.25) is 0 Å². The zero-order chi connectivity index (χ0) is 16.0. The van der Waals surface area contributed by atoms with Gasteiger partial charge in [-0.25, -0.2) is 4.79 Å². The van der Waals surface area contributed by atoms with E-state index >= 15 is 0 Å². The van der Waals surface area contributed by atoms with Crippen molar-refractivity contribution in [3.63, 3.8) is 0 Å². The number of ether oxygens (including phenoxy) is 1. The van der Waals surface area contributed by atoms with Crippen LogP contribution in [0.1, 0.15) is 30.6 Å². The van der Waals surface area contributed by atoms with Gasteiger partial charge in [0.25, 0.3) is 0 Å². The van der Waals surface area contributed by atoms with Gasteiger partial charge in [0.05, 0.1) is 18.4 Å². The first-order chi connectivity index (χ1) is 9.88. The summed E-state index contributed by atoms with van der Waals surface area (Å²) in [6, 6.07) is 3.43. The lowest BCUT2D eigenvalue weighted by Crippen LogP contribution is -2.30. The number of esters is 1. The highest BCUT2D eigenvalue weighted by atomic mass is 79.9. The summed E-state index contributed by atoms with van der Waals surface area (Å²) in [5.74, 6) is -0.677. The highest BCUT2D eigenvalue weighted by Gasteiger charge is 2.18. The number of rotatable bonds is 6. The van der Waals surface area contributed by atoms with E-state index in [0.717, 1.165) is 6.54 Å². The number of hydrogen-bond donors (Lipinski definition) is 2. The molecule has 0 aliphatic carbocycles. The molecule has 1 unspecified atom stereocenters. The molecule has 1 rings (SSSR count). The highest BCUT2D eigenvalue weighted by molar-refractivity contribution is 9.11. The minimum Gasteiger partial charge on any atom is -0.465 e. The lowest BCUT2D eigenvalue weighted by Gasteiger charge is -2.15. The first kappa shape index (κ1) is 18.1. The topological polar surface area (TPSA) is 67.4 Å². The van der Waals surface area contributed by atoms with Crippen LogP contribution in [0.3, 0.4) is 0 Å². The molecule has 1 aromatic rings. The van der Waals surface area contributed by atoms with Gasteiger partial charge in [-0.05, 0) is 41.5 Å². The first-order valence-corrected chi connectivity index (χ1v) is 8.08. The number of carbonyl (C=O) groups excluding carboxylic acids is 2. The maximum absolute atomic E-state index is 12.1. The maximum Gasteiger partial charge on any atom is 0.340 e. The average Bonchev–Trinajstić information content (AvgIpc) is 2.40. The Bertz CT molecular complexity index is 535. The second-order valence-electron chi connectivity index (χ2n) is 4.51. The summed E-state index contributed by atoms with van der Waals surface area (Å²) in [5.41, 5.74) is 0.710. The molecule has 0 aliphatic rings. The van der Waals surface area contributed by atoms with Crippen LogP contribution >= 0.6 is 31.9 Å². The normalized spacial score (nSPS) is 11.9. The van der Waals surface area contributed by atoms with Gasteiger partial charge in [-0.15, -0.1) is 0 Å². The van der Waals surface area contributed by atoms with Gasteiger partial charge in [-0.1, -0.05) is 22.9 Å². The minimum absolute atomic E-state index is 0.0609. The molecule has 0 heterocycles. The number of amides is 1. The SMILES string of the molecule is CCNC(C)CC(=O)Nc1c(Br)cc(Br)cc1C(=O)OC. The summed E-state index contributed by atoms with van der Waals surface area (Å²) in [7, 11) is 1.30. The number of hydrogen-bond acceptors (Lipinski definition) is 4. The largest absolute Gasteiger partial charge is 0.465 e. The van der Waals surface area contributed by atoms with Crippen molar-refractivity contribution in [1.82, 2.24) is 5.32 Å². The van der Waals surface area contributed by atoms with E-state index in [9.17, 15) is 9.59 Å². The van der Waals surface area contributed by atoms with Gasteiger partial charge in [0.2, 0.25) is 5.91 Å². The second-order valence-corrected chi connectivity index (χ2v) is 6.28. The summed E-state index contributed by atoms with van der Waals surface area (Å²) < 4.78 is 6.07. The zero-order valence-electron chi connectivity index (χ0n) is 12.1. The Kier molecular flexibility index (Phi) is 7.34. The molecule has 21 heavy (non-hydrogen) atoms. The molecule has 0 radical (unpaired) electrons. The van der Waals surface area contributed by atoms with E-state index in [4.69, 9.17) is 4.74 Å². The molecule has 0 aromatic heterocycles. The highest BCUT2D eigenvalue weighted by Crippen LogP contribution is 2.31. The van der Waals surface area contributed by atoms with Crippen LogP contribution < -0.4 is 10.6 Å². The lowest BCUT2D eigenvalue weighted by atomic mass is 10.1. The van der Waals surface area contributed by atoms with E-state index in [0.29, 0.717) is 26.6 Å². The van der Waals surface area contributed by atoms with E-state index < -0.39 is 5.97 Å². The Hall–Kier alpha value is -0.920. The predicted octanol–water partition coefficient (Wildman–Crippen LogP) is 3.32. The summed E-state index contributed by atoms with van der Waals surface area (Å²) in [4.78, 5) is 23.9. The lowest BCUT2D eigenvalue weighted by molar-refractivity contribution is -0.116. The van der Waals surface area contributed by atoms with Crippen molar-refractivity contribution in [2.24, 2.45) is 0 Å². The standard InChI is InChI=1S/C14H18Br2N2O3/c1-4-17-8(2)5-12(19)18-13-10(14(20)21-3)6-9(15)7-11(13)16/h6-8,17H,4-5H2,1-3H3,(H,18,19). The molecule has 2 N–H and O–H groups in total. The third-order valence-corrected chi connectivity index (χ3v) is 3.85. The number of nitrogens with one attached hydrogen (secondary N) is 2. The molecular formula is C14H18Br2N2O3. The monoisotopic (exact) mass is 420 g/mol. The van der Waals surface area contributed by atoms with Gasteiger partial charge < -0.3 is 15.4 Å².